The first-order valence-corrected chi connectivity index (χ1v) is 8.62. The van der Waals surface area contributed by atoms with Crippen LogP contribution in [-0.2, 0) is 4.79 Å². The summed E-state index contributed by atoms with van der Waals surface area (Å²) in [7, 11) is 1.64. The fourth-order valence-corrected chi connectivity index (χ4v) is 2.59. The average Bonchev–Trinajstić information content (AvgIpc) is 2.62. The number of benzene rings is 2. The van der Waals surface area contributed by atoms with Crippen molar-refractivity contribution in [1.82, 2.24) is 5.32 Å². The van der Waals surface area contributed by atoms with Crippen molar-refractivity contribution in [3.8, 4) is 11.5 Å². The Hall–Kier alpha value is -2.49. The lowest BCUT2D eigenvalue weighted by Gasteiger charge is -2.22. The molecule has 0 unspecified atom stereocenters. The Bertz CT molecular complexity index is 710. The maximum Gasteiger partial charge on any atom is 0.261 e. The number of nitrogens with one attached hydrogen (secondary N) is 1. The molecule has 0 aliphatic rings. The van der Waals surface area contributed by atoms with E-state index in [0.717, 1.165) is 28.2 Å². The van der Waals surface area contributed by atoms with Crippen LogP contribution >= 0.6 is 0 Å². The second-order valence-electron chi connectivity index (χ2n) is 6.29. The van der Waals surface area contributed by atoms with Gasteiger partial charge in [0.15, 0.2) is 6.10 Å². The molecule has 0 aliphatic heterocycles. The molecule has 0 fully saturated rings. The largest absolute Gasteiger partial charge is 0.497 e. The van der Waals surface area contributed by atoms with Crippen LogP contribution in [-0.4, -0.2) is 19.1 Å². The summed E-state index contributed by atoms with van der Waals surface area (Å²) in [5.41, 5.74) is 3.17. The first kappa shape index (κ1) is 18.8. The van der Waals surface area contributed by atoms with E-state index in [4.69, 9.17) is 9.47 Å². The number of hydrogen-bond donors (Lipinski definition) is 1. The smallest absolute Gasteiger partial charge is 0.261 e. The van der Waals surface area contributed by atoms with E-state index >= 15 is 0 Å². The van der Waals surface area contributed by atoms with Crippen molar-refractivity contribution in [3.63, 3.8) is 0 Å². The summed E-state index contributed by atoms with van der Waals surface area (Å²) in [6, 6.07) is 13.6. The zero-order valence-electron chi connectivity index (χ0n) is 15.6. The van der Waals surface area contributed by atoms with Gasteiger partial charge >= 0.3 is 0 Å². The van der Waals surface area contributed by atoms with Gasteiger partial charge in [0.2, 0.25) is 0 Å². The molecule has 2 aromatic carbocycles. The fraction of sp³-hybridized carbons (Fsp3) is 0.381. The zero-order chi connectivity index (χ0) is 18.4. The Morgan fingerprint density at radius 3 is 2.40 bits per heavy atom. The first-order chi connectivity index (χ1) is 11.9. The van der Waals surface area contributed by atoms with Crippen molar-refractivity contribution in [2.24, 2.45) is 0 Å². The van der Waals surface area contributed by atoms with Gasteiger partial charge in [-0.3, -0.25) is 4.79 Å². The standard InChI is InChI=1S/C21H27NO3/c1-6-19(25-20-13-14(2)7-8-15(20)3)21(23)22-16(4)17-9-11-18(24-5)12-10-17/h7-13,16,19H,6H2,1-5H3,(H,22,23)/t16-,19+/m1/s1. The number of carbonyl (C=O) groups excluding carboxylic acids is 1. The lowest BCUT2D eigenvalue weighted by molar-refractivity contribution is -0.128. The van der Waals surface area contributed by atoms with Crippen LogP contribution in [0.15, 0.2) is 42.5 Å². The van der Waals surface area contributed by atoms with E-state index < -0.39 is 6.10 Å². The SMILES string of the molecule is CC[C@H](Oc1cc(C)ccc1C)C(=O)N[C@H](C)c1ccc(OC)cc1. The fourth-order valence-electron chi connectivity index (χ4n) is 2.59. The molecule has 1 N–H and O–H groups in total. The Morgan fingerprint density at radius 2 is 1.80 bits per heavy atom. The number of hydrogen-bond acceptors (Lipinski definition) is 3. The summed E-state index contributed by atoms with van der Waals surface area (Å²) in [5.74, 6) is 1.46. The second kappa shape index (κ2) is 8.56. The third-order valence-corrected chi connectivity index (χ3v) is 4.25. The molecule has 4 nitrogen and oxygen atoms in total. The van der Waals surface area contributed by atoms with Crippen LogP contribution in [0.2, 0.25) is 0 Å². The summed E-state index contributed by atoms with van der Waals surface area (Å²) in [5, 5.41) is 3.03. The van der Waals surface area contributed by atoms with Crippen LogP contribution in [0.1, 0.15) is 43.0 Å². The number of aryl methyl sites for hydroxylation is 2. The van der Waals surface area contributed by atoms with E-state index in [9.17, 15) is 4.79 Å². The molecule has 0 saturated carbocycles. The highest BCUT2D eigenvalue weighted by Gasteiger charge is 2.21. The van der Waals surface area contributed by atoms with Gasteiger partial charge in [-0.05, 0) is 62.1 Å². The minimum absolute atomic E-state index is 0.102. The lowest BCUT2D eigenvalue weighted by Crippen LogP contribution is -2.39. The maximum atomic E-state index is 12.6. The molecule has 2 rings (SSSR count). The summed E-state index contributed by atoms with van der Waals surface area (Å²) < 4.78 is 11.1. The average molecular weight is 341 g/mol. The lowest BCUT2D eigenvalue weighted by atomic mass is 10.1. The summed E-state index contributed by atoms with van der Waals surface area (Å²) in [6.45, 7) is 7.91. The van der Waals surface area contributed by atoms with Crippen molar-refractivity contribution < 1.29 is 14.3 Å². The molecule has 0 spiro atoms. The number of amides is 1. The Morgan fingerprint density at radius 1 is 1.12 bits per heavy atom. The van der Waals surface area contributed by atoms with Gasteiger partial charge in [0.1, 0.15) is 11.5 Å². The van der Waals surface area contributed by atoms with Gasteiger partial charge in [0.05, 0.1) is 13.2 Å². The molecule has 0 heterocycles. The van der Waals surface area contributed by atoms with Gasteiger partial charge in [0.25, 0.3) is 5.91 Å². The zero-order valence-corrected chi connectivity index (χ0v) is 15.6. The molecule has 0 radical (unpaired) electrons. The molecule has 0 aliphatic carbocycles. The molecule has 0 saturated heterocycles. The predicted molar refractivity (Wildman–Crippen MR) is 100 cm³/mol. The number of ether oxygens (including phenoxy) is 2. The van der Waals surface area contributed by atoms with Crippen molar-refractivity contribution in [2.45, 2.75) is 46.3 Å². The van der Waals surface area contributed by atoms with Crippen LogP contribution in [0.3, 0.4) is 0 Å². The topological polar surface area (TPSA) is 47.6 Å². The quantitative estimate of drug-likeness (QED) is 0.814. The van der Waals surface area contributed by atoms with Gasteiger partial charge < -0.3 is 14.8 Å². The molecule has 1 amide bonds. The molecule has 4 heteroatoms. The molecule has 2 atom stereocenters. The highest BCUT2D eigenvalue weighted by molar-refractivity contribution is 5.81. The summed E-state index contributed by atoms with van der Waals surface area (Å²) in [4.78, 5) is 12.6. The Kier molecular flexibility index (Phi) is 6.45. The van der Waals surface area contributed by atoms with Crippen molar-refractivity contribution >= 4 is 5.91 Å². The minimum atomic E-state index is -0.513. The van der Waals surface area contributed by atoms with Crippen LogP contribution in [0.25, 0.3) is 0 Å². The van der Waals surface area contributed by atoms with Crippen LogP contribution in [0.4, 0.5) is 0 Å². The van der Waals surface area contributed by atoms with Gasteiger partial charge in [-0.1, -0.05) is 31.2 Å². The molecule has 2 aromatic rings. The number of methoxy groups -OCH3 is 1. The normalized spacial score (nSPS) is 13.0. The maximum absolute atomic E-state index is 12.6. The second-order valence-corrected chi connectivity index (χ2v) is 6.29. The summed E-state index contributed by atoms with van der Waals surface area (Å²) in [6.07, 6.45) is 0.0929. The molecule has 0 aromatic heterocycles. The number of rotatable bonds is 7. The highest BCUT2D eigenvalue weighted by Crippen LogP contribution is 2.22. The molecular formula is C21H27NO3. The Labute approximate surface area is 150 Å². The monoisotopic (exact) mass is 341 g/mol. The number of carbonyl (C=O) groups is 1. The van der Waals surface area contributed by atoms with E-state index in [1.165, 1.54) is 0 Å². The summed E-state index contributed by atoms with van der Waals surface area (Å²) >= 11 is 0. The molecule has 25 heavy (non-hydrogen) atoms. The van der Waals surface area contributed by atoms with Crippen molar-refractivity contribution in [2.75, 3.05) is 7.11 Å². The van der Waals surface area contributed by atoms with E-state index in [-0.39, 0.29) is 11.9 Å². The van der Waals surface area contributed by atoms with Crippen LogP contribution in [0.5, 0.6) is 11.5 Å². The van der Waals surface area contributed by atoms with Crippen LogP contribution in [0, 0.1) is 13.8 Å². The first-order valence-electron chi connectivity index (χ1n) is 8.62. The molecule has 0 bridgehead atoms. The minimum Gasteiger partial charge on any atom is -0.497 e. The van der Waals surface area contributed by atoms with Crippen LogP contribution < -0.4 is 14.8 Å². The molecular weight excluding hydrogens is 314 g/mol. The van der Waals surface area contributed by atoms with Gasteiger partial charge in [-0.2, -0.15) is 0 Å². The van der Waals surface area contributed by atoms with Crippen molar-refractivity contribution in [3.05, 3.63) is 59.2 Å². The third kappa shape index (κ3) is 4.99. The highest BCUT2D eigenvalue weighted by atomic mass is 16.5. The van der Waals surface area contributed by atoms with Gasteiger partial charge in [-0.15, -0.1) is 0 Å². The predicted octanol–water partition coefficient (Wildman–Crippen LogP) is 4.35. The van der Waals surface area contributed by atoms with Gasteiger partial charge in [-0.25, -0.2) is 0 Å². The van der Waals surface area contributed by atoms with E-state index in [2.05, 4.69) is 5.32 Å². The third-order valence-electron chi connectivity index (χ3n) is 4.25. The van der Waals surface area contributed by atoms with E-state index in [0.29, 0.717) is 6.42 Å². The van der Waals surface area contributed by atoms with E-state index in [1.807, 2.05) is 70.2 Å². The van der Waals surface area contributed by atoms with Crippen molar-refractivity contribution in [1.29, 1.82) is 0 Å². The van der Waals surface area contributed by atoms with Gasteiger partial charge in [0, 0.05) is 0 Å². The molecule has 134 valence electrons. The Balaban J connectivity index is 2.04. The van der Waals surface area contributed by atoms with E-state index in [1.54, 1.807) is 7.11 Å².